The quantitative estimate of drug-likeness (QED) is 0.771. The van der Waals surface area contributed by atoms with Gasteiger partial charge in [-0.25, -0.2) is 0 Å². The Morgan fingerprint density at radius 1 is 1.15 bits per heavy atom. The molecule has 2 aliphatic rings. The molecule has 0 unspecified atom stereocenters. The van der Waals surface area contributed by atoms with E-state index in [0.29, 0.717) is 36.0 Å². The van der Waals surface area contributed by atoms with E-state index in [-0.39, 0.29) is 23.5 Å². The highest BCUT2D eigenvalue weighted by atomic mass is 35.5. The van der Waals surface area contributed by atoms with Crippen LogP contribution in [0.2, 0.25) is 5.02 Å². The van der Waals surface area contributed by atoms with Crippen molar-refractivity contribution < 1.29 is 14.7 Å². The molecule has 6 nitrogen and oxygen atoms in total. The highest BCUT2D eigenvalue weighted by Crippen LogP contribution is 2.28. The number of piperidine rings is 2. The summed E-state index contributed by atoms with van der Waals surface area (Å²) < 4.78 is 0. The maximum atomic E-state index is 12.5. The van der Waals surface area contributed by atoms with E-state index in [1.807, 2.05) is 4.90 Å². The summed E-state index contributed by atoms with van der Waals surface area (Å²) in [5.41, 5.74) is 0.337. The van der Waals surface area contributed by atoms with E-state index in [1.165, 1.54) is 6.07 Å². The second-order valence-electron chi connectivity index (χ2n) is 7.76. The van der Waals surface area contributed by atoms with Gasteiger partial charge in [0.2, 0.25) is 11.8 Å². The van der Waals surface area contributed by atoms with E-state index in [1.54, 1.807) is 12.1 Å². The van der Waals surface area contributed by atoms with Gasteiger partial charge in [0.1, 0.15) is 5.75 Å². The van der Waals surface area contributed by atoms with E-state index < -0.39 is 0 Å². The van der Waals surface area contributed by atoms with Crippen LogP contribution >= 0.6 is 11.6 Å². The summed E-state index contributed by atoms with van der Waals surface area (Å²) in [6.07, 6.45) is 3.59. The van der Waals surface area contributed by atoms with Crippen molar-refractivity contribution in [3.05, 3.63) is 23.2 Å². The van der Waals surface area contributed by atoms with Crippen LogP contribution in [0.15, 0.2) is 18.2 Å². The lowest BCUT2D eigenvalue weighted by Crippen LogP contribution is -2.46. The van der Waals surface area contributed by atoms with Crippen LogP contribution in [0.25, 0.3) is 0 Å². The first kappa shape index (κ1) is 20.0. The van der Waals surface area contributed by atoms with E-state index in [9.17, 15) is 14.7 Å². The number of amides is 2. The molecule has 0 aromatic heterocycles. The van der Waals surface area contributed by atoms with Crippen molar-refractivity contribution in [2.24, 2.45) is 11.8 Å². The van der Waals surface area contributed by atoms with Gasteiger partial charge in [-0.05, 0) is 62.9 Å². The predicted octanol–water partition coefficient (Wildman–Crippen LogP) is 2.95. The fraction of sp³-hybridized carbons (Fsp3) is 0.600. The van der Waals surface area contributed by atoms with Crippen LogP contribution < -0.4 is 5.32 Å². The average molecular weight is 394 g/mol. The number of aromatic hydroxyl groups is 1. The third-order valence-corrected chi connectivity index (χ3v) is 5.91. The predicted molar refractivity (Wildman–Crippen MR) is 106 cm³/mol. The Kier molecular flexibility index (Phi) is 6.60. The van der Waals surface area contributed by atoms with Crippen LogP contribution in [-0.2, 0) is 9.59 Å². The summed E-state index contributed by atoms with van der Waals surface area (Å²) in [6.45, 7) is 5.87. The van der Waals surface area contributed by atoms with Crippen LogP contribution in [-0.4, -0.2) is 59.4 Å². The first-order valence-corrected chi connectivity index (χ1v) is 10.1. The van der Waals surface area contributed by atoms with Gasteiger partial charge in [0, 0.05) is 24.0 Å². The Hall–Kier alpha value is -1.79. The summed E-state index contributed by atoms with van der Waals surface area (Å²) in [7, 11) is 0. The molecule has 0 radical (unpaired) electrons. The molecule has 148 valence electrons. The van der Waals surface area contributed by atoms with Crippen LogP contribution in [0.3, 0.4) is 0 Å². The molecule has 2 saturated heterocycles. The first-order valence-electron chi connectivity index (χ1n) is 9.72. The summed E-state index contributed by atoms with van der Waals surface area (Å²) in [5.74, 6) is 0.691. The topological polar surface area (TPSA) is 72.9 Å². The number of halogens is 1. The molecular weight excluding hydrogens is 366 g/mol. The highest BCUT2D eigenvalue weighted by molar-refractivity contribution is 6.31. The zero-order valence-corrected chi connectivity index (χ0v) is 16.5. The molecule has 2 amide bonds. The monoisotopic (exact) mass is 393 g/mol. The van der Waals surface area contributed by atoms with Gasteiger partial charge < -0.3 is 15.3 Å². The SMILES string of the molecule is CC1CCN(C(=O)CN2CCC(C(=O)Nc3cc(Cl)ccc3O)CC2)CC1. The van der Waals surface area contributed by atoms with E-state index in [4.69, 9.17) is 11.6 Å². The van der Waals surface area contributed by atoms with Gasteiger partial charge in [0.25, 0.3) is 0 Å². The number of likely N-dealkylation sites (tertiary alicyclic amines) is 2. The van der Waals surface area contributed by atoms with Crippen LogP contribution in [0.1, 0.15) is 32.6 Å². The number of carbonyl (C=O) groups excluding carboxylic acids is 2. The van der Waals surface area contributed by atoms with Gasteiger partial charge in [0.15, 0.2) is 0 Å². The van der Waals surface area contributed by atoms with Gasteiger partial charge in [-0.1, -0.05) is 18.5 Å². The second-order valence-corrected chi connectivity index (χ2v) is 8.20. The van der Waals surface area contributed by atoms with Crippen LogP contribution in [0, 0.1) is 11.8 Å². The molecule has 1 aromatic rings. The fourth-order valence-electron chi connectivity index (χ4n) is 3.75. The molecule has 0 bridgehead atoms. The van der Waals surface area contributed by atoms with Crippen molar-refractivity contribution in [1.29, 1.82) is 0 Å². The number of benzene rings is 1. The minimum absolute atomic E-state index is 0.00614. The molecule has 27 heavy (non-hydrogen) atoms. The van der Waals surface area contributed by atoms with Crippen molar-refractivity contribution in [1.82, 2.24) is 9.80 Å². The van der Waals surface area contributed by atoms with Gasteiger partial charge in [-0.2, -0.15) is 0 Å². The number of phenols is 1. The molecule has 0 atom stereocenters. The summed E-state index contributed by atoms with van der Waals surface area (Å²) in [5, 5.41) is 13.1. The minimum atomic E-state index is -0.120. The number of hydrogen-bond acceptors (Lipinski definition) is 4. The van der Waals surface area contributed by atoms with Crippen LogP contribution in [0.5, 0.6) is 5.75 Å². The van der Waals surface area contributed by atoms with Gasteiger partial charge in [-0.15, -0.1) is 0 Å². The molecular formula is C20H28ClN3O3. The Balaban J connectivity index is 1.45. The van der Waals surface area contributed by atoms with E-state index >= 15 is 0 Å². The molecule has 2 N–H and O–H groups in total. The molecule has 0 spiro atoms. The third kappa shape index (κ3) is 5.36. The maximum absolute atomic E-state index is 12.5. The standard InChI is InChI=1S/C20H28ClN3O3/c1-14-4-10-24(11-5-14)19(26)13-23-8-6-15(7-9-23)20(27)22-17-12-16(21)2-3-18(17)25/h2-3,12,14-15,25H,4-11,13H2,1H3,(H,22,27). The number of hydrogen-bond donors (Lipinski definition) is 2. The van der Waals surface area contributed by atoms with Crippen molar-refractivity contribution in [2.75, 3.05) is 38.0 Å². The second kappa shape index (κ2) is 8.93. The normalized spacial score (nSPS) is 19.9. The molecule has 7 heteroatoms. The number of nitrogens with zero attached hydrogens (tertiary/aromatic N) is 2. The van der Waals surface area contributed by atoms with Gasteiger partial charge in [-0.3, -0.25) is 14.5 Å². The van der Waals surface area contributed by atoms with Crippen molar-refractivity contribution >= 4 is 29.1 Å². The minimum Gasteiger partial charge on any atom is -0.506 e. The Bertz CT molecular complexity index is 681. The van der Waals surface area contributed by atoms with Crippen LogP contribution in [0.4, 0.5) is 5.69 Å². The number of carbonyl (C=O) groups is 2. The van der Waals surface area contributed by atoms with Gasteiger partial charge >= 0.3 is 0 Å². The lowest BCUT2D eigenvalue weighted by atomic mass is 9.95. The van der Waals surface area contributed by atoms with E-state index in [2.05, 4.69) is 17.1 Å². The first-order chi connectivity index (χ1) is 12.9. The fourth-order valence-corrected chi connectivity index (χ4v) is 3.92. The molecule has 0 saturated carbocycles. The van der Waals surface area contributed by atoms with Gasteiger partial charge in [0.05, 0.1) is 12.2 Å². The molecule has 2 fully saturated rings. The Morgan fingerprint density at radius 2 is 1.81 bits per heavy atom. The summed E-state index contributed by atoms with van der Waals surface area (Å²) in [4.78, 5) is 29.1. The lowest BCUT2D eigenvalue weighted by Gasteiger charge is -2.34. The number of nitrogens with one attached hydrogen (secondary N) is 1. The molecule has 3 rings (SSSR count). The molecule has 2 heterocycles. The van der Waals surface area contributed by atoms with Crippen molar-refractivity contribution in [3.63, 3.8) is 0 Å². The number of phenolic OH excluding ortho intramolecular Hbond substituents is 1. The molecule has 1 aromatic carbocycles. The summed E-state index contributed by atoms with van der Waals surface area (Å²) in [6, 6.07) is 4.58. The summed E-state index contributed by atoms with van der Waals surface area (Å²) >= 11 is 5.92. The zero-order valence-electron chi connectivity index (χ0n) is 15.8. The maximum Gasteiger partial charge on any atom is 0.236 e. The van der Waals surface area contributed by atoms with E-state index in [0.717, 1.165) is 39.0 Å². The number of rotatable bonds is 4. The molecule has 0 aliphatic carbocycles. The smallest absolute Gasteiger partial charge is 0.236 e. The lowest BCUT2D eigenvalue weighted by molar-refractivity contribution is -0.134. The highest BCUT2D eigenvalue weighted by Gasteiger charge is 2.28. The van der Waals surface area contributed by atoms with Crippen molar-refractivity contribution in [2.45, 2.75) is 32.6 Å². The average Bonchev–Trinajstić information content (AvgIpc) is 2.65. The third-order valence-electron chi connectivity index (χ3n) is 5.67. The Labute approximate surface area is 165 Å². The molecule has 2 aliphatic heterocycles. The number of anilines is 1. The van der Waals surface area contributed by atoms with Crippen molar-refractivity contribution in [3.8, 4) is 5.75 Å². The Morgan fingerprint density at radius 3 is 2.48 bits per heavy atom. The largest absolute Gasteiger partial charge is 0.506 e. The zero-order chi connectivity index (χ0) is 19.4.